The van der Waals surface area contributed by atoms with Crippen molar-refractivity contribution in [2.75, 3.05) is 11.5 Å². The van der Waals surface area contributed by atoms with E-state index in [0.29, 0.717) is 23.7 Å². The number of hydrogen-bond donors (Lipinski definition) is 2. The Labute approximate surface area is 126 Å². The van der Waals surface area contributed by atoms with Crippen LogP contribution in [0.25, 0.3) is 0 Å². The summed E-state index contributed by atoms with van der Waals surface area (Å²) in [5.41, 5.74) is 3.54. The minimum atomic E-state index is -2.87. The van der Waals surface area contributed by atoms with Crippen molar-refractivity contribution in [3.8, 4) is 0 Å². The van der Waals surface area contributed by atoms with Gasteiger partial charge in [0, 0.05) is 6.04 Å². The largest absolute Gasteiger partial charge is 0.271 e. The summed E-state index contributed by atoms with van der Waals surface area (Å²) >= 11 is 3.23. The summed E-state index contributed by atoms with van der Waals surface area (Å²) in [6.07, 6.45) is 1.93. The average molecular weight is 365 g/mol. The lowest BCUT2D eigenvalue weighted by atomic mass is 9.95. The molecule has 1 heterocycles. The molecule has 2 atom stereocenters. The topological polar surface area (TPSA) is 72.2 Å². The first-order chi connectivity index (χ1) is 9.41. The quantitative estimate of drug-likeness (QED) is 0.617. The van der Waals surface area contributed by atoms with Crippen LogP contribution in [-0.2, 0) is 16.3 Å². The first kappa shape index (κ1) is 15.9. The van der Waals surface area contributed by atoms with Crippen LogP contribution in [0.5, 0.6) is 0 Å². The fourth-order valence-corrected chi connectivity index (χ4v) is 4.95. The van der Waals surface area contributed by atoms with Crippen molar-refractivity contribution in [3.05, 3.63) is 34.1 Å². The highest BCUT2D eigenvalue weighted by Gasteiger charge is 2.29. The number of nitrogens with one attached hydrogen (secondary N) is 1. The lowest BCUT2D eigenvalue weighted by Gasteiger charge is -2.20. The van der Waals surface area contributed by atoms with E-state index in [1.165, 1.54) is 6.07 Å². The smallest absolute Gasteiger partial charge is 0.150 e. The van der Waals surface area contributed by atoms with Crippen LogP contribution >= 0.6 is 15.9 Å². The maximum Gasteiger partial charge on any atom is 0.150 e. The Hall–Kier alpha value is -0.500. The lowest BCUT2D eigenvalue weighted by Crippen LogP contribution is -2.38. The second-order valence-corrected chi connectivity index (χ2v) is 8.31. The van der Waals surface area contributed by atoms with Crippen LogP contribution in [0.1, 0.15) is 18.4 Å². The van der Waals surface area contributed by atoms with Crippen molar-refractivity contribution in [3.63, 3.8) is 0 Å². The highest BCUT2D eigenvalue weighted by atomic mass is 79.9. The molecule has 0 aliphatic carbocycles. The van der Waals surface area contributed by atoms with Crippen molar-refractivity contribution >= 4 is 25.8 Å². The van der Waals surface area contributed by atoms with Gasteiger partial charge in [-0.1, -0.05) is 12.1 Å². The zero-order valence-electron chi connectivity index (χ0n) is 11.0. The van der Waals surface area contributed by atoms with E-state index in [0.717, 1.165) is 5.56 Å². The summed E-state index contributed by atoms with van der Waals surface area (Å²) in [5.74, 6) is 5.87. The summed E-state index contributed by atoms with van der Waals surface area (Å²) in [4.78, 5) is 0. The van der Waals surface area contributed by atoms with Gasteiger partial charge in [0.15, 0.2) is 9.84 Å². The molecule has 0 aromatic heterocycles. The molecule has 0 amide bonds. The molecule has 3 N–H and O–H groups in total. The lowest BCUT2D eigenvalue weighted by molar-refractivity contribution is 0.407. The van der Waals surface area contributed by atoms with Crippen molar-refractivity contribution in [2.45, 2.75) is 25.3 Å². The van der Waals surface area contributed by atoms with Crippen LogP contribution in [0.3, 0.4) is 0 Å². The van der Waals surface area contributed by atoms with Gasteiger partial charge in [-0.3, -0.25) is 11.3 Å². The van der Waals surface area contributed by atoms with Gasteiger partial charge >= 0.3 is 0 Å². The fraction of sp³-hybridized carbons (Fsp3) is 0.538. The van der Waals surface area contributed by atoms with Crippen LogP contribution in [0.15, 0.2) is 22.7 Å². The third kappa shape index (κ3) is 4.00. The summed E-state index contributed by atoms with van der Waals surface area (Å²) in [6.45, 7) is 0. The van der Waals surface area contributed by atoms with Gasteiger partial charge in [-0.2, -0.15) is 0 Å². The Bertz CT molecular complexity index is 580. The Morgan fingerprint density at radius 3 is 2.85 bits per heavy atom. The number of nitrogens with two attached hydrogens (primary N) is 1. The maximum absolute atomic E-state index is 13.5. The Kier molecular flexibility index (Phi) is 5.17. The standard InChI is InChI=1S/C13H18BrFN2O2S/c14-13-10(2-1-3-12(13)15)7-11(17-16)6-9-4-5-20(18,19)8-9/h1-3,9,11,17H,4-8,16H2. The van der Waals surface area contributed by atoms with E-state index in [4.69, 9.17) is 5.84 Å². The van der Waals surface area contributed by atoms with Crippen LogP contribution < -0.4 is 11.3 Å². The van der Waals surface area contributed by atoms with Crippen LogP contribution in [0, 0.1) is 11.7 Å². The zero-order valence-corrected chi connectivity index (χ0v) is 13.4. The molecular formula is C13H18BrFN2O2S. The number of halogens is 2. The number of benzene rings is 1. The number of hydrazine groups is 1. The molecule has 0 spiro atoms. The van der Waals surface area contributed by atoms with E-state index in [9.17, 15) is 12.8 Å². The fourth-order valence-electron chi connectivity index (χ4n) is 2.64. The predicted molar refractivity (Wildman–Crippen MR) is 80.3 cm³/mol. The monoisotopic (exact) mass is 364 g/mol. The van der Waals surface area contributed by atoms with Gasteiger partial charge in [-0.15, -0.1) is 0 Å². The second-order valence-electron chi connectivity index (χ2n) is 5.29. The van der Waals surface area contributed by atoms with Crippen LogP contribution in [0.2, 0.25) is 0 Å². The zero-order chi connectivity index (χ0) is 14.8. The normalized spacial score (nSPS) is 22.9. The molecule has 1 aromatic carbocycles. The molecule has 1 fully saturated rings. The van der Waals surface area contributed by atoms with E-state index in [1.807, 2.05) is 6.07 Å². The van der Waals surface area contributed by atoms with Gasteiger partial charge in [-0.05, 0) is 52.7 Å². The molecule has 112 valence electrons. The van der Waals surface area contributed by atoms with Crippen LogP contribution in [0.4, 0.5) is 4.39 Å². The molecule has 1 aromatic rings. The summed E-state index contributed by atoms with van der Waals surface area (Å²) in [7, 11) is -2.87. The van der Waals surface area contributed by atoms with Gasteiger partial charge in [-0.25, -0.2) is 12.8 Å². The summed E-state index contributed by atoms with van der Waals surface area (Å²) < 4.78 is 36.8. The molecule has 7 heteroatoms. The average Bonchev–Trinajstić information content (AvgIpc) is 2.73. The van der Waals surface area contributed by atoms with Gasteiger partial charge in [0.25, 0.3) is 0 Å². The minimum Gasteiger partial charge on any atom is -0.271 e. The minimum absolute atomic E-state index is 0.0635. The molecule has 1 aliphatic rings. The molecule has 1 saturated heterocycles. The third-order valence-corrected chi connectivity index (χ3v) is 6.40. The van der Waals surface area contributed by atoms with E-state index >= 15 is 0 Å². The molecule has 2 unspecified atom stereocenters. The molecule has 0 radical (unpaired) electrons. The van der Waals surface area contributed by atoms with E-state index in [2.05, 4.69) is 21.4 Å². The molecule has 0 bridgehead atoms. The van der Waals surface area contributed by atoms with Gasteiger partial charge in [0.1, 0.15) is 5.82 Å². The molecular weight excluding hydrogens is 347 g/mol. The number of hydrogen-bond acceptors (Lipinski definition) is 4. The summed E-state index contributed by atoms with van der Waals surface area (Å²) in [6, 6.07) is 4.82. The first-order valence-corrected chi connectivity index (χ1v) is 9.12. The first-order valence-electron chi connectivity index (χ1n) is 6.50. The summed E-state index contributed by atoms with van der Waals surface area (Å²) in [5, 5.41) is 0. The van der Waals surface area contributed by atoms with E-state index in [1.54, 1.807) is 6.07 Å². The van der Waals surface area contributed by atoms with Crippen molar-refractivity contribution in [2.24, 2.45) is 11.8 Å². The van der Waals surface area contributed by atoms with E-state index in [-0.39, 0.29) is 29.3 Å². The molecule has 0 saturated carbocycles. The van der Waals surface area contributed by atoms with Gasteiger partial charge in [0.2, 0.25) is 0 Å². The highest BCUT2D eigenvalue weighted by Crippen LogP contribution is 2.26. The van der Waals surface area contributed by atoms with Crippen molar-refractivity contribution < 1.29 is 12.8 Å². The predicted octanol–water partition coefficient (Wildman–Crippen LogP) is 1.79. The van der Waals surface area contributed by atoms with Crippen LogP contribution in [-0.4, -0.2) is 26.0 Å². The van der Waals surface area contributed by atoms with Crippen molar-refractivity contribution in [1.29, 1.82) is 0 Å². The number of sulfone groups is 1. The van der Waals surface area contributed by atoms with Gasteiger partial charge < -0.3 is 0 Å². The Morgan fingerprint density at radius 1 is 1.50 bits per heavy atom. The molecule has 20 heavy (non-hydrogen) atoms. The van der Waals surface area contributed by atoms with E-state index < -0.39 is 9.84 Å². The second kappa shape index (κ2) is 6.51. The third-order valence-electron chi connectivity index (χ3n) is 3.68. The highest BCUT2D eigenvalue weighted by molar-refractivity contribution is 9.10. The Balaban J connectivity index is 2.01. The molecule has 2 rings (SSSR count). The maximum atomic E-state index is 13.5. The SMILES string of the molecule is NNC(Cc1cccc(F)c1Br)CC1CCS(=O)(=O)C1. The van der Waals surface area contributed by atoms with Crippen molar-refractivity contribution in [1.82, 2.24) is 5.43 Å². The Morgan fingerprint density at radius 2 is 2.25 bits per heavy atom. The molecule has 1 aliphatic heterocycles. The van der Waals surface area contributed by atoms with Gasteiger partial charge in [0.05, 0.1) is 16.0 Å². The molecule has 4 nitrogen and oxygen atoms in total. The number of rotatable bonds is 5.